The van der Waals surface area contributed by atoms with Crippen LogP contribution in [0.2, 0.25) is 0 Å². The second-order valence-electron chi connectivity index (χ2n) is 11.0. The molecule has 36 heavy (non-hydrogen) atoms. The summed E-state index contributed by atoms with van der Waals surface area (Å²) in [7, 11) is 0. The Kier molecular flexibility index (Phi) is 21.4. The molecule has 0 aromatic heterocycles. The van der Waals surface area contributed by atoms with Crippen LogP contribution in [0.25, 0.3) is 0 Å². The van der Waals surface area contributed by atoms with E-state index in [9.17, 15) is 15.2 Å². The van der Waals surface area contributed by atoms with Gasteiger partial charge in [0.1, 0.15) is 0 Å². The number of phenolic OH excluding ortho intramolecular Hbond substituents is 1. The number of aryl methyl sites for hydroxylation is 1. The molecule has 4 nitrogen and oxygen atoms in total. The van der Waals surface area contributed by atoms with Crippen molar-refractivity contribution in [2.75, 3.05) is 0 Å². The lowest BCUT2D eigenvalue weighted by atomic mass is 10.0. The van der Waals surface area contributed by atoms with Gasteiger partial charge >= 0.3 is 5.69 Å². The molecule has 0 saturated carbocycles. The summed E-state index contributed by atoms with van der Waals surface area (Å²) in [6.45, 7) is 2.29. The van der Waals surface area contributed by atoms with E-state index in [1.165, 1.54) is 160 Å². The molecule has 4 heteroatoms. The third kappa shape index (κ3) is 18.7. The summed E-state index contributed by atoms with van der Waals surface area (Å²) < 4.78 is 0. The molecule has 1 aromatic rings. The first kappa shape index (κ1) is 32.4. The Hall–Kier alpha value is -1.58. The van der Waals surface area contributed by atoms with Crippen LogP contribution in [0.15, 0.2) is 18.2 Å². The highest BCUT2D eigenvalue weighted by Gasteiger charge is 2.13. The van der Waals surface area contributed by atoms with Crippen LogP contribution in [0.1, 0.15) is 167 Å². The molecule has 0 unspecified atom stereocenters. The molecule has 208 valence electrons. The van der Waals surface area contributed by atoms with Crippen molar-refractivity contribution in [1.82, 2.24) is 0 Å². The van der Waals surface area contributed by atoms with E-state index in [0.717, 1.165) is 18.4 Å². The van der Waals surface area contributed by atoms with Crippen molar-refractivity contribution in [2.45, 2.75) is 167 Å². The molecule has 0 aliphatic heterocycles. The minimum atomic E-state index is -0.515. The third-order valence-corrected chi connectivity index (χ3v) is 7.56. The Morgan fingerprint density at radius 1 is 0.583 bits per heavy atom. The molecule has 0 aliphatic carbocycles. The van der Waals surface area contributed by atoms with Gasteiger partial charge in [-0.15, -0.1) is 0 Å². The van der Waals surface area contributed by atoms with Crippen LogP contribution in [-0.4, -0.2) is 10.0 Å². The molecule has 0 bridgehead atoms. The second kappa shape index (κ2) is 23.8. The number of benzene rings is 1. The van der Waals surface area contributed by atoms with Crippen LogP contribution in [0.5, 0.6) is 5.75 Å². The Bertz CT molecular complexity index is 646. The molecule has 1 rings (SSSR count). The minimum Gasteiger partial charge on any atom is -0.502 e. The molecular formula is C32H57NO3. The summed E-state index contributed by atoms with van der Waals surface area (Å²) in [6, 6.07) is 4.74. The largest absolute Gasteiger partial charge is 0.502 e. The average molecular weight is 504 g/mol. The summed E-state index contributed by atoms with van der Waals surface area (Å²) in [5.41, 5.74) is 0.759. The molecule has 1 N–H and O–H groups in total. The van der Waals surface area contributed by atoms with E-state index in [2.05, 4.69) is 6.92 Å². The highest BCUT2D eigenvalue weighted by atomic mass is 16.6. The monoisotopic (exact) mass is 503 g/mol. The van der Waals surface area contributed by atoms with Gasteiger partial charge in [-0.25, -0.2) is 0 Å². The van der Waals surface area contributed by atoms with Gasteiger partial charge in [-0.2, -0.15) is 0 Å². The van der Waals surface area contributed by atoms with E-state index in [-0.39, 0.29) is 11.4 Å². The van der Waals surface area contributed by atoms with Gasteiger partial charge in [0.05, 0.1) is 4.92 Å². The molecule has 0 amide bonds. The van der Waals surface area contributed by atoms with Crippen molar-refractivity contribution in [3.8, 4) is 5.75 Å². The summed E-state index contributed by atoms with van der Waals surface area (Å²) >= 11 is 0. The van der Waals surface area contributed by atoms with Crippen LogP contribution in [0.3, 0.4) is 0 Å². The number of phenols is 1. The van der Waals surface area contributed by atoms with E-state index < -0.39 is 4.92 Å². The maximum absolute atomic E-state index is 10.9. The average Bonchev–Trinajstić information content (AvgIpc) is 2.87. The van der Waals surface area contributed by atoms with Crippen molar-refractivity contribution in [3.05, 3.63) is 33.9 Å². The standard InChI is InChI=1S/C32H57NO3/c1-2-3-4-5-6-7-8-9-10-11-12-13-14-15-16-17-18-19-20-21-22-23-24-25-26-30-27-28-32(34)31(29-30)33(35)36/h27-29,34H,2-26H2,1H3. The second-order valence-corrected chi connectivity index (χ2v) is 11.0. The van der Waals surface area contributed by atoms with Crippen LogP contribution in [0, 0.1) is 10.1 Å². The molecule has 0 heterocycles. The first-order valence-electron chi connectivity index (χ1n) is 15.6. The smallest absolute Gasteiger partial charge is 0.310 e. The summed E-state index contributed by atoms with van der Waals surface area (Å²) in [6.07, 6.45) is 34.1. The normalized spacial score (nSPS) is 11.2. The third-order valence-electron chi connectivity index (χ3n) is 7.56. The number of hydrogen-bond donors (Lipinski definition) is 1. The summed E-state index contributed by atoms with van der Waals surface area (Å²) in [5.74, 6) is -0.247. The lowest BCUT2D eigenvalue weighted by Crippen LogP contribution is -1.92. The number of aromatic hydroxyl groups is 1. The topological polar surface area (TPSA) is 63.4 Å². The zero-order chi connectivity index (χ0) is 26.1. The van der Waals surface area contributed by atoms with Gasteiger partial charge in [0, 0.05) is 6.07 Å². The van der Waals surface area contributed by atoms with Gasteiger partial charge in [-0.1, -0.05) is 161 Å². The van der Waals surface area contributed by atoms with Gasteiger partial charge in [-0.3, -0.25) is 10.1 Å². The van der Waals surface area contributed by atoms with E-state index in [1.54, 1.807) is 6.07 Å². The quantitative estimate of drug-likeness (QED) is 0.0776. The molecule has 0 atom stereocenters. The lowest BCUT2D eigenvalue weighted by Gasteiger charge is -2.05. The first-order valence-corrected chi connectivity index (χ1v) is 15.6. The first-order chi connectivity index (χ1) is 17.6. The predicted molar refractivity (Wildman–Crippen MR) is 155 cm³/mol. The number of rotatable bonds is 26. The van der Waals surface area contributed by atoms with Gasteiger partial charge in [0.15, 0.2) is 5.75 Å². The fraction of sp³-hybridized carbons (Fsp3) is 0.812. The Balaban J connectivity index is 1.75. The number of nitrogens with zero attached hydrogens (tertiary/aromatic N) is 1. The lowest BCUT2D eigenvalue weighted by molar-refractivity contribution is -0.385. The van der Waals surface area contributed by atoms with Gasteiger partial charge < -0.3 is 5.11 Å². The maximum atomic E-state index is 10.9. The van der Waals surface area contributed by atoms with Crippen LogP contribution in [0.4, 0.5) is 5.69 Å². The molecule has 1 aromatic carbocycles. The highest BCUT2D eigenvalue weighted by molar-refractivity contribution is 5.47. The van der Waals surface area contributed by atoms with Crippen LogP contribution < -0.4 is 0 Å². The van der Waals surface area contributed by atoms with E-state index in [1.807, 2.05) is 0 Å². The fourth-order valence-electron chi connectivity index (χ4n) is 5.16. The molecular weight excluding hydrogens is 446 g/mol. The molecule has 0 spiro atoms. The van der Waals surface area contributed by atoms with Crippen LogP contribution >= 0.6 is 0 Å². The Morgan fingerprint density at radius 3 is 1.25 bits per heavy atom. The zero-order valence-corrected chi connectivity index (χ0v) is 23.6. The van der Waals surface area contributed by atoms with Gasteiger partial charge in [0.2, 0.25) is 0 Å². The number of nitro groups is 1. The Labute approximate surface area is 222 Å². The van der Waals surface area contributed by atoms with E-state index >= 15 is 0 Å². The number of unbranched alkanes of at least 4 members (excludes halogenated alkanes) is 23. The van der Waals surface area contributed by atoms with Gasteiger partial charge in [0.25, 0.3) is 0 Å². The van der Waals surface area contributed by atoms with Gasteiger partial charge in [-0.05, 0) is 24.5 Å². The van der Waals surface area contributed by atoms with E-state index in [0.29, 0.717) is 0 Å². The molecule has 0 fully saturated rings. The zero-order valence-electron chi connectivity index (χ0n) is 23.6. The minimum absolute atomic E-state index is 0.183. The van der Waals surface area contributed by atoms with Crippen molar-refractivity contribution in [1.29, 1.82) is 0 Å². The number of nitro benzene ring substituents is 1. The summed E-state index contributed by atoms with van der Waals surface area (Å²) in [4.78, 5) is 10.4. The Morgan fingerprint density at radius 2 is 0.917 bits per heavy atom. The van der Waals surface area contributed by atoms with Crippen molar-refractivity contribution >= 4 is 5.69 Å². The van der Waals surface area contributed by atoms with E-state index in [4.69, 9.17) is 0 Å². The molecule has 0 saturated heterocycles. The highest BCUT2D eigenvalue weighted by Crippen LogP contribution is 2.27. The molecule has 0 aliphatic rings. The van der Waals surface area contributed by atoms with Crippen LogP contribution in [-0.2, 0) is 6.42 Å². The fourth-order valence-corrected chi connectivity index (χ4v) is 5.16. The number of hydrogen-bond acceptors (Lipinski definition) is 3. The maximum Gasteiger partial charge on any atom is 0.310 e. The van der Waals surface area contributed by atoms with Crippen molar-refractivity contribution in [2.24, 2.45) is 0 Å². The molecule has 0 radical (unpaired) electrons. The predicted octanol–water partition coefficient (Wildman–Crippen LogP) is 11.2. The SMILES string of the molecule is CCCCCCCCCCCCCCCCCCCCCCCCCCc1ccc(O)c([N+](=O)[O-])c1. The van der Waals surface area contributed by atoms with Crippen molar-refractivity contribution in [3.63, 3.8) is 0 Å². The van der Waals surface area contributed by atoms with Crippen molar-refractivity contribution < 1.29 is 10.0 Å². The summed E-state index contributed by atoms with van der Waals surface area (Å²) in [5, 5.41) is 20.4.